The topological polar surface area (TPSA) is 55.6 Å². The van der Waals surface area contributed by atoms with Crippen LogP contribution in [0.5, 0.6) is 0 Å². The summed E-state index contributed by atoms with van der Waals surface area (Å²) in [7, 11) is 0. The van der Waals surface area contributed by atoms with Crippen LogP contribution < -0.4 is 5.32 Å². The molecule has 0 bridgehead atoms. The summed E-state index contributed by atoms with van der Waals surface area (Å²) < 4.78 is 38.1. The van der Waals surface area contributed by atoms with Gasteiger partial charge in [0, 0.05) is 5.56 Å². The molecule has 1 aliphatic heterocycles. The number of benzene rings is 1. The van der Waals surface area contributed by atoms with E-state index >= 15 is 0 Å². The Morgan fingerprint density at radius 3 is 2.90 bits per heavy atom. The number of hydrogen-bond acceptors (Lipinski definition) is 4. The van der Waals surface area contributed by atoms with Crippen LogP contribution in [0.1, 0.15) is 12.0 Å². The van der Waals surface area contributed by atoms with Gasteiger partial charge in [0.1, 0.15) is 0 Å². The van der Waals surface area contributed by atoms with Gasteiger partial charge in [-0.25, -0.2) is 0 Å². The van der Waals surface area contributed by atoms with Gasteiger partial charge < -0.3 is 5.32 Å². The minimum atomic E-state index is -4.37. The largest absolute Gasteiger partial charge is 0.416 e. The minimum Gasteiger partial charge on any atom is -0.316 e. The molecule has 0 amide bonds. The molecule has 5 nitrogen and oxygen atoms in total. The Morgan fingerprint density at radius 2 is 2.19 bits per heavy atom. The predicted molar refractivity (Wildman–Crippen MR) is 69.2 cm³/mol. The fraction of sp³-hybridized carbons (Fsp3) is 0.462. The number of halogens is 3. The van der Waals surface area contributed by atoms with Crippen molar-refractivity contribution in [2.75, 3.05) is 13.1 Å². The van der Waals surface area contributed by atoms with Crippen LogP contribution in [0.15, 0.2) is 24.3 Å². The van der Waals surface area contributed by atoms with Crippen molar-refractivity contribution in [2.45, 2.75) is 19.1 Å². The van der Waals surface area contributed by atoms with Gasteiger partial charge in [-0.1, -0.05) is 12.1 Å². The molecule has 0 spiro atoms. The lowest BCUT2D eigenvalue weighted by Gasteiger charge is -2.07. The van der Waals surface area contributed by atoms with E-state index in [1.54, 1.807) is 6.07 Å². The summed E-state index contributed by atoms with van der Waals surface area (Å²) >= 11 is 0. The van der Waals surface area contributed by atoms with Crippen LogP contribution >= 0.6 is 0 Å². The third-order valence-electron chi connectivity index (χ3n) is 3.48. The molecule has 1 N–H and O–H groups in total. The summed E-state index contributed by atoms with van der Waals surface area (Å²) in [5.41, 5.74) is -0.392. The zero-order valence-corrected chi connectivity index (χ0v) is 11.1. The number of rotatable bonds is 3. The number of nitrogens with one attached hydrogen (secondary N) is 1. The van der Waals surface area contributed by atoms with Crippen LogP contribution in [-0.4, -0.2) is 33.3 Å². The Balaban J connectivity index is 1.79. The second-order valence-corrected chi connectivity index (χ2v) is 5.11. The maximum Gasteiger partial charge on any atom is 0.416 e. The number of hydrogen-bond donors (Lipinski definition) is 1. The van der Waals surface area contributed by atoms with Crippen LogP contribution in [0.4, 0.5) is 13.2 Å². The van der Waals surface area contributed by atoms with Crippen LogP contribution in [0.3, 0.4) is 0 Å². The first-order chi connectivity index (χ1) is 10.0. The average Bonchev–Trinajstić information content (AvgIpc) is 3.10. The van der Waals surface area contributed by atoms with Crippen molar-refractivity contribution in [1.82, 2.24) is 25.5 Å². The Bertz CT molecular complexity index is 616. The van der Waals surface area contributed by atoms with Gasteiger partial charge in [0.15, 0.2) is 0 Å². The third kappa shape index (κ3) is 3.21. The van der Waals surface area contributed by atoms with E-state index < -0.39 is 11.7 Å². The molecule has 0 radical (unpaired) electrons. The molecule has 0 saturated carbocycles. The SMILES string of the molecule is FC(F)(F)c1cccc(-c2nnn(C[C@H]3CCNC3)n2)c1. The van der Waals surface area contributed by atoms with Crippen molar-refractivity contribution < 1.29 is 13.2 Å². The van der Waals surface area contributed by atoms with Gasteiger partial charge >= 0.3 is 6.18 Å². The zero-order valence-electron chi connectivity index (χ0n) is 11.1. The molecule has 0 aliphatic carbocycles. The summed E-state index contributed by atoms with van der Waals surface area (Å²) in [6.45, 7) is 2.50. The van der Waals surface area contributed by atoms with Gasteiger partial charge in [-0.2, -0.15) is 18.0 Å². The van der Waals surface area contributed by atoms with E-state index in [4.69, 9.17) is 0 Å². The highest BCUT2D eigenvalue weighted by Crippen LogP contribution is 2.31. The van der Waals surface area contributed by atoms with Gasteiger partial charge in [0.25, 0.3) is 0 Å². The lowest BCUT2D eigenvalue weighted by molar-refractivity contribution is -0.137. The van der Waals surface area contributed by atoms with Crippen LogP contribution in [0.2, 0.25) is 0 Å². The second-order valence-electron chi connectivity index (χ2n) is 5.11. The molecule has 2 heterocycles. The molecule has 0 unspecified atom stereocenters. The Hall–Kier alpha value is -1.96. The van der Waals surface area contributed by atoms with Gasteiger partial charge in [-0.15, -0.1) is 10.2 Å². The summed E-state index contributed by atoms with van der Waals surface area (Å²) in [6, 6.07) is 4.96. The molecule has 21 heavy (non-hydrogen) atoms. The number of alkyl halides is 3. The average molecular weight is 297 g/mol. The van der Waals surface area contributed by atoms with E-state index in [1.165, 1.54) is 10.9 Å². The van der Waals surface area contributed by atoms with Crippen molar-refractivity contribution in [3.63, 3.8) is 0 Å². The van der Waals surface area contributed by atoms with Crippen molar-refractivity contribution in [3.8, 4) is 11.4 Å². The van der Waals surface area contributed by atoms with E-state index in [0.717, 1.165) is 31.6 Å². The van der Waals surface area contributed by atoms with Gasteiger partial charge in [0.2, 0.25) is 5.82 Å². The van der Waals surface area contributed by atoms with E-state index in [9.17, 15) is 13.2 Å². The van der Waals surface area contributed by atoms with Crippen molar-refractivity contribution in [2.24, 2.45) is 5.92 Å². The third-order valence-corrected chi connectivity index (χ3v) is 3.48. The van der Waals surface area contributed by atoms with Crippen molar-refractivity contribution in [3.05, 3.63) is 29.8 Å². The van der Waals surface area contributed by atoms with Crippen molar-refractivity contribution in [1.29, 1.82) is 0 Å². The normalized spacial score (nSPS) is 19.1. The highest BCUT2D eigenvalue weighted by Gasteiger charge is 2.30. The van der Waals surface area contributed by atoms with Gasteiger partial charge in [0.05, 0.1) is 12.1 Å². The van der Waals surface area contributed by atoms with Crippen molar-refractivity contribution >= 4 is 0 Å². The quantitative estimate of drug-likeness (QED) is 0.941. The Kier molecular flexibility index (Phi) is 3.62. The van der Waals surface area contributed by atoms with Crippen LogP contribution in [0.25, 0.3) is 11.4 Å². The summed E-state index contributed by atoms with van der Waals surface area (Å²) in [5, 5.41) is 15.2. The maximum atomic E-state index is 12.7. The highest BCUT2D eigenvalue weighted by atomic mass is 19.4. The fourth-order valence-electron chi connectivity index (χ4n) is 2.37. The molecule has 1 aliphatic rings. The maximum absolute atomic E-state index is 12.7. The number of nitrogens with zero attached hydrogens (tertiary/aromatic N) is 4. The molecule has 1 saturated heterocycles. The molecule has 1 atom stereocenters. The molecule has 112 valence electrons. The highest BCUT2D eigenvalue weighted by molar-refractivity contribution is 5.55. The lowest BCUT2D eigenvalue weighted by Crippen LogP contribution is -2.16. The van der Waals surface area contributed by atoms with E-state index in [0.29, 0.717) is 18.0 Å². The molecular weight excluding hydrogens is 283 g/mol. The number of aromatic nitrogens is 4. The molecular formula is C13H14F3N5. The first-order valence-electron chi connectivity index (χ1n) is 6.68. The molecule has 1 aromatic carbocycles. The Labute approximate surface area is 119 Å². The fourth-order valence-corrected chi connectivity index (χ4v) is 2.37. The molecule has 3 rings (SSSR count). The summed E-state index contributed by atoms with van der Waals surface area (Å²) in [5.74, 6) is 0.653. The zero-order chi connectivity index (χ0) is 14.9. The standard InChI is InChI=1S/C13H14F3N5/c14-13(15,16)11-3-1-2-10(6-11)12-18-20-21(19-12)8-9-4-5-17-7-9/h1-3,6,9,17H,4-5,7-8H2/t9-/m0/s1. The Morgan fingerprint density at radius 1 is 1.33 bits per heavy atom. The van der Waals surface area contributed by atoms with Gasteiger partial charge in [-0.3, -0.25) is 0 Å². The van der Waals surface area contributed by atoms with E-state index in [2.05, 4.69) is 20.7 Å². The summed E-state index contributed by atoms with van der Waals surface area (Å²) in [6.07, 6.45) is -3.33. The second kappa shape index (κ2) is 5.44. The molecule has 1 fully saturated rings. The van der Waals surface area contributed by atoms with Gasteiger partial charge in [-0.05, 0) is 42.8 Å². The molecule has 1 aromatic heterocycles. The first kappa shape index (κ1) is 14.0. The molecule has 8 heteroatoms. The van der Waals surface area contributed by atoms with Crippen LogP contribution in [-0.2, 0) is 12.7 Å². The minimum absolute atomic E-state index is 0.215. The summed E-state index contributed by atoms with van der Waals surface area (Å²) in [4.78, 5) is 1.45. The number of tetrazole rings is 1. The van der Waals surface area contributed by atoms with E-state index in [-0.39, 0.29) is 5.82 Å². The smallest absolute Gasteiger partial charge is 0.316 e. The first-order valence-corrected chi connectivity index (χ1v) is 6.68. The van der Waals surface area contributed by atoms with E-state index in [1.807, 2.05) is 0 Å². The lowest BCUT2D eigenvalue weighted by atomic mass is 10.1. The monoisotopic (exact) mass is 297 g/mol. The van der Waals surface area contributed by atoms with Crippen LogP contribution in [0, 0.1) is 5.92 Å². The predicted octanol–water partition coefficient (Wildman–Crippen LogP) is 1.97. The molecule has 2 aromatic rings.